The second-order valence-corrected chi connectivity index (χ2v) is 10.9. The van der Waals surface area contributed by atoms with Crippen LogP contribution >= 0.6 is 42.1 Å². The molecule has 0 saturated carbocycles. The molecule has 8 heteroatoms. The average Bonchev–Trinajstić information content (AvgIpc) is 2.25. The van der Waals surface area contributed by atoms with Gasteiger partial charge in [0.1, 0.15) is 0 Å². The van der Waals surface area contributed by atoms with Crippen molar-refractivity contribution in [3.05, 3.63) is 0 Å². The third-order valence-corrected chi connectivity index (χ3v) is 11.2. The topological polar surface area (TPSA) is 27.7 Å². The van der Waals surface area contributed by atoms with Crippen LogP contribution < -0.4 is 0 Å². The lowest BCUT2D eigenvalue weighted by Gasteiger charge is -2.30. The van der Waals surface area contributed by atoms with Gasteiger partial charge in [0.25, 0.3) is 0 Å². The Balaban J connectivity index is 4.40. The lowest BCUT2D eigenvalue weighted by molar-refractivity contribution is 0.121. The van der Waals surface area contributed by atoms with Crippen LogP contribution in [0.15, 0.2) is 0 Å². The van der Waals surface area contributed by atoms with Gasteiger partial charge in [-0.3, -0.25) is 0 Å². The predicted molar refractivity (Wildman–Crippen MR) is 72.6 cm³/mol. The van der Waals surface area contributed by atoms with E-state index in [2.05, 4.69) is 18.6 Å². The highest BCUT2D eigenvalue weighted by atomic mass is 33.7. The Hall–Kier alpha value is 1.50. The average molecular weight is 293 g/mol. The van der Waals surface area contributed by atoms with Crippen LogP contribution in [0.4, 0.5) is 0 Å². The zero-order valence-electron chi connectivity index (χ0n) is 8.68. The molecular weight excluding hydrogens is 276 g/mol. The van der Waals surface area contributed by atoms with Gasteiger partial charge in [-0.1, -0.05) is 29.4 Å². The van der Waals surface area contributed by atoms with E-state index in [4.69, 9.17) is 13.3 Å². The van der Waals surface area contributed by atoms with Crippen molar-refractivity contribution in [1.29, 1.82) is 0 Å². The minimum atomic E-state index is -2.49. The molecule has 14 heavy (non-hydrogen) atoms. The molecule has 3 nitrogen and oxygen atoms in total. The molecule has 1 atom stereocenters. The lowest BCUT2D eigenvalue weighted by atomic mass is 10.6. The second kappa shape index (κ2) is 8.63. The van der Waals surface area contributed by atoms with Gasteiger partial charge in [-0.25, -0.2) is 0 Å². The highest BCUT2D eigenvalue weighted by Crippen LogP contribution is 2.43. The van der Waals surface area contributed by atoms with Crippen LogP contribution in [0.2, 0.25) is 0 Å². The molecule has 0 fully saturated rings. The van der Waals surface area contributed by atoms with Gasteiger partial charge in [0.05, 0.1) is 4.87 Å². The van der Waals surface area contributed by atoms with E-state index in [1.807, 2.05) is 0 Å². The zero-order chi connectivity index (χ0) is 11.0. The summed E-state index contributed by atoms with van der Waals surface area (Å²) in [5.41, 5.74) is 0. The number of rotatable bonds is 8. The summed E-state index contributed by atoms with van der Waals surface area (Å²) in [6, 6.07) is 0. The standard InChI is InChI=1S/C6H16O3S4Si/c1-5-6(11-13-12-10)14(7-2,8-3)9-4/h6,10H,5H2,1-4H3. The monoisotopic (exact) mass is 292 g/mol. The van der Waals surface area contributed by atoms with Gasteiger partial charge in [-0.15, -0.1) is 0 Å². The third kappa shape index (κ3) is 4.16. The highest BCUT2D eigenvalue weighted by molar-refractivity contribution is 9.24. The minimum Gasteiger partial charge on any atom is -0.376 e. The van der Waals surface area contributed by atoms with Gasteiger partial charge < -0.3 is 13.3 Å². The van der Waals surface area contributed by atoms with Crippen molar-refractivity contribution in [1.82, 2.24) is 0 Å². The number of hydrogen-bond donors (Lipinski definition) is 1. The molecule has 0 aromatic heterocycles. The molecular formula is C6H16O3S4Si. The molecule has 0 N–H and O–H groups in total. The zero-order valence-corrected chi connectivity index (χ0v) is 13.0. The Morgan fingerprint density at radius 3 is 2.00 bits per heavy atom. The SMILES string of the molecule is CCC(SSSS)[Si](OC)(OC)OC. The van der Waals surface area contributed by atoms with Crippen LogP contribution in [-0.2, 0) is 13.3 Å². The Bertz CT molecular complexity index is 139. The van der Waals surface area contributed by atoms with Gasteiger partial charge >= 0.3 is 8.80 Å². The number of thiol groups is 1. The number of hydrogen-bond acceptors (Lipinski definition) is 7. The summed E-state index contributed by atoms with van der Waals surface area (Å²) in [4.78, 5) is 0.243. The molecule has 0 aliphatic rings. The minimum absolute atomic E-state index is 0.243. The van der Waals surface area contributed by atoms with E-state index in [-0.39, 0.29) is 4.87 Å². The maximum absolute atomic E-state index is 5.41. The van der Waals surface area contributed by atoms with E-state index in [0.29, 0.717) is 0 Å². The van der Waals surface area contributed by atoms with Crippen LogP contribution in [-0.4, -0.2) is 35.0 Å². The van der Waals surface area contributed by atoms with E-state index in [1.165, 1.54) is 9.83 Å². The molecule has 0 spiro atoms. The molecule has 0 heterocycles. The molecule has 0 bridgehead atoms. The van der Waals surface area contributed by atoms with Crippen molar-refractivity contribution < 1.29 is 13.3 Å². The summed E-state index contributed by atoms with van der Waals surface area (Å²) in [5.74, 6) is 0. The Morgan fingerprint density at radius 2 is 1.71 bits per heavy atom. The summed E-state index contributed by atoms with van der Waals surface area (Å²) < 4.78 is 16.2. The summed E-state index contributed by atoms with van der Waals surface area (Å²) >= 11 is 4.07. The fraction of sp³-hybridized carbons (Fsp3) is 1.00. The van der Waals surface area contributed by atoms with E-state index in [0.717, 1.165) is 6.42 Å². The molecule has 0 amide bonds. The van der Waals surface area contributed by atoms with Gasteiger partial charge in [0.2, 0.25) is 0 Å². The van der Waals surface area contributed by atoms with Gasteiger partial charge in [-0.2, -0.15) is 0 Å². The first kappa shape index (κ1) is 15.5. The fourth-order valence-corrected chi connectivity index (χ4v) is 9.52. The second-order valence-electron chi connectivity index (χ2n) is 2.35. The van der Waals surface area contributed by atoms with Crippen LogP contribution in [0.1, 0.15) is 13.3 Å². The predicted octanol–water partition coefficient (Wildman–Crippen LogP) is 3.06. The molecule has 0 aromatic rings. The van der Waals surface area contributed by atoms with E-state index < -0.39 is 8.80 Å². The molecule has 0 aliphatic carbocycles. The largest absolute Gasteiger partial charge is 0.514 e. The normalized spacial score (nSPS) is 14.4. The van der Waals surface area contributed by atoms with Crippen LogP contribution in [0.5, 0.6) is 0 Å². The van der Waals surface area contributed by atoms with Gasteiger partial charge in [-0.05, 0) is 26.1 Å². The van der Waals surface area contributed by atoms with Crippen molar-refractivity contribution in [3.63, 3.8) is 0 Å². The lowest BCUT2D eigenvalue weighted by Crippen LogP contribution is -2.52. The van der Waals surface area contributed by atoms with Crippen molar-refractivity contribution in [2.24, 2.45) is 0 Å². The smallest absolute Gasteiger partial charge is 0.376 e. The maximum Gasteiger partial charge on any atom is 0.514 e. The quantitative estimate of drug-likeness (QED) is 0.420. The molecule has 0 radical (unpaired) electrons. The summed E-state index contributed by atoms with van der Waals surface area (Å²) in [7, 11) is 7.15. The van der Waals surface area contributed by atoms with Crippen molar-refractivity contribution in [2.75, 3.05) is 21.3 Å². The molecule has 0 saturated heterocycles. The molecule has 0 aromatic carbocycles. The highest BCUT2D eigenvalue weighted by Gasteiger charge is 2.47. The van der Waals surface area contributed by atoms with Crippen LogP contribution in [0.3, 0.4) is 0 Å². The maximum atomic E-state index is 5.41. The van der Waals surface area contributed by atoms with Crippen LogP contribution in [0, 0.1) is 0 Å². The first-order valence-electron chi connectivity index (χ1n) is 3.99. The molecule has 0 aliphatic heterocycles. The van der Waals surface area contributed by atoms with Crippen molar-refractivity contribution in [2.45, 2.75) is 18.2 Å². The van der Waals surface area contributed by atoms with Gasteiger partial charge in [0.15, 0.2) is 0 Å². The van der Waals surface area contributed by atoms with E-state index >= 15 is 0 Å². The molecule has 0 rings (SSSR count). The fourth-order valence-electron chi connectivity index (χ4n) is 1.09. The summed E-state index contributed by atoms with van der Waals surface area (Å²) in [6.07, 6.45) is 0.952. The van der Waals surface area contributed by atoms with Gasteiger partial charge in [0, 0.05) is 21.3 Å². The summed E-state index contributed by atoms with van der Waals surface area (Å²) in [5, 5.41) is 0. The first-order chi connectivity index (χ1) is 6.70. The van der Waals surface area contributed by atoms with Crippen LogP contribution in [0.25, 0.3) is 0 Å². The van der Waals surface area contributed by atoms with Crippen molar-refractivity contribution >= 4 is 50.9 Å². The van der Waals surface area contributed by atoms with Crippen molar-refractivity contribution in [3.8, 4) is 0 Å². The molecule has 86 valence electrons. The molecule has 1 unspecified atom stereocenters. The first-order valence-corrected chi connectivity index (χ1v) is 10.4. The Morgan fingerprint density at radius 1 is 1.21 bits per heavy atom. The van der Waals surface area contributed by atoms with E-state index in [1.54, 1.807) is 41.9 Å². The van der Waals surface area contributed by atoms with E-state index in [9.17, 15) is 0 Å². The third-order valence-electron chi connectivity index (χ3n) is 1.80. The summed E-state index contributed by atoms with van der Waals surface area (Å²) in [6.45, 7) is 2.10. The Kier molecular flexibility index (Phi) is 9.55. The Labute approximate surface area is 103 Å².